The molecule has 0 saturated carbocycles. The third-order valence-electron chi connectivity index (χ3n) is 5.07. The molecule has 4 rings (SSSR count). The maximum absolute atomic E-state index is 13.4. The third-order valence-corrected chi connectivity index (χ3v) is 8.67. The molecule has 2 N–H and O–H groups in total. The highest BCUT2D eigenvalue weighted by Crippen LogP contribution is 2.41. The van der Waals surface area contributed by atoms with Crippen molar-refractivity contribution in [3.05, 3.63) is 57.4 Å². The molecule has 2 atom stereocenters. The number of carbonyl (C=O) groups is 1. The summed E-state index contributed by atoms with van der Waals surface area (Å²) in [5.41, 5.74) is 1.08. The fourth-order valence-electron chi connectivity index (χ4n) is 3.39. The minimum atomic E-state index is -3.94. The zero-order chi connectivity index (χ0) is 23.2. The molecule has 1 fully saturated rings. The van der Waals surface area contributed by atoms with E-state index in [1.165, 1.54) is 30.5 Å². The summed E-state index contributed by atoms with van der Waals surface area (Å²) in [6, 6.07) is 3.78. The van der Waals surface area contributed by atoms with Gasteiger partial charge in [-0.15, -0.1) is 11.3 Å². The molecule has 1 aromatic carbocycles. The van der Waals surface area contributed by atoms with Gasteiger partial charge in [0.15, 0.2) is 0 Å². The Morgan fingerprint density at radius 3 is 2.69 bits per heavy atom. The second kappa shape index (κ2) is 8.73. The molecule has 8 nitrogen and oxygen atoms in total. The van der Waals surface area contributed by atoms with Crippen LogP contribution in [0.25, 0.3) is 10.4 Å². The topological polar surface area (TPSA) is 96.3 Å². The van der Waals surface area contributed by atoms with Gasteiger partial charge in [0.05, 0.1) is 27.2 Å². The number of aryl methyl sites for hydroxylation is 1. The van der Waals surface area contributed by atoms with Crippen molar-refractivity contribution in [2.24, 2.45) is 7.05 Å². The Balaban J connectivity index is 1.60. The maximum Gasteiger partial charge on any atom is 0.280 e. The van der Waals surface area contributed by atoms with Gasteiger partial charge >= 0.3 is 0 Å². The summed E-state index contributed by atoms with van der Waals surface area (Å²) in [6.45, 7) is 0. The molecule has 1 aliphatic heterocycles. The summed E-state index contributed by atoms with van der Waals surface area (Å²) < 4.78 is 44.1. The van der Waals surface area contributed by atoms with E-state index in [-0.39, 0.29) is 17.1 Å². The number of nitrogens with one attached hydrogen (secondary N) is 2. The zero-order valence-corrected chi connectivity index (χ0v) is 20.0. The number of halogens is 3. The lowest BCUT2D eigenvalue weighted by Crippen LogP contribution is -2.55. The van der Waals surface area contributed by atoms with Crippen molar-refractivity contribution in [3.63, 3.8) is 0 Å². The second-order valence-corrected chi connectivity index (χ2v) is 10.9. The number of amides is 1. The molecule has 1 amide bonds. The molecule has 1 saturated heterocycles. The number of thiophene rings is 1. The quantitative estimate of drug-likeness (QED) is 0.549. The van der Waals surface area contributed by atoms with Crippen LogP contribution in [0.3, 0.4) is 0 Å². The van der Waals surface area contributed by atoms with Crippen LogP contribution >= 0.6 is 34.5 Å². The van der Waals surface area contributed by atoms with E-state index in [9.17, 15) is 17.6 Å². The van der Waals surface area contributed by atoms with Crippen molar-refractivity contribution < 1.29 is 17.6 Å². The lowest BCUT2D eigenvalue weighted by molar-refractivity contribution is -0.120. The first-order valence-corrected chi connectivity index (χ1v) is 12.4. The monoisotopic (exact) mass is 517 g/mol. The fraction of sp³-hybridized carbons (Fsp3) is 0.263. The predicted octanol–water partition coefficient (Wildman–Crippen LogP) is 3.81. The van der Waals surface area contributed by atoms with Gasteiger partial charge < -0.3 is 5.32 Å². The van der Waals surface area contributed by atoms with Crippen LogP contribution < -0.4 is 10.0 Å². The number of anilines is 1. The summed E-state index contributed by atoms with van der Waals surface area (Å²) in [4.78, 5) is 14.4. The molecule has 32 heavy (non-hydrogen) atoms. The lowest BCUT2D eigenvalue weighted by atomic mass is 10.1. The molecular formula is C19H18Cl2FN5O3S2. The Morgan fingerprint density at radius 1 is 1.28 bits per heavy atom. The molecule has 0 bridgehead atoms. The van der Waals surface area contributed by atoms with E-state index in [1.807, 2.05) is 6.20 Å². The highest BCUT2D eigenvalue weighted by molar-refractivity contribution is 7.87. The van der Waals surface area contributed by atoms with E-state index in [2.05, 4.69) is 15.1 Å². The number of likely N-dealkylation sites (N-methyl/N-ethyl adjacent to an activating group) is 1. The molecule has 3 aromatic rings. The van der Waals surface area contributed by atoms with Crippen molar-refractivity contribution in [1.29, 1.82) is 0 Å². The van der Waals surface area contributed by atoms with Crippen LogP contribution in [0.5, 0.6) is 0 Å². The Bertz CT molecular complexity index is 1290. The number of carbonyl (C=O) groups excluding carboxylic acids is 1. The molecule has 13 heteroatoms. The van der Waals surface area contributed by atoms with Crippen molar-refractivity contribution >= 4 is 56.3 Å². The van der Waals surface area contributed by atoms with Gasteiger partial charge in [-0.2, -0.15) is 22.5 Å². The van der Waals surface area contributed by atoms with Crippen LogP contribution in [0.15, 0.2) is 36.7 Å². The first-order chi connectivity index (χ1) is 15.0. The summed E-state index contributed by atoms with van der Waals surface area (Å²) in [7, 11) is -0.832. The maximum atomic E-state index is 13.4. The highest BCUT2D eigenvalue weighted by Gasteiger charge is 2.41. The minimum Gasteiger partial charge on any atom is -0.325 e. The fourth-order valence-corrected chi connectivity index (χ4v) is 6.41. The van der Waals surface area contributed by atoms with Crippen LogP contribution in [0.1, 0.15) is 17.3 Å². The van der Waals surface area contributed by atoms with Gasteiger partial charge in [0, 0.05) is 36.4 Å². The highest BCUT2D eigenvalue weighted by atomic mass is 35.5. The average Bonchev–Trinajstić information content (AvgIpc) is 3.32. The summed E-state index contributed by atoms with van der Waals surface area (Å²) >= 11 is 13.5. The first kappa shape index (κ1) is 23.1. The van der Waals surface area contributed by atoms with Crippen LogP contribution in [-0.2, 0) is 22.1 Å². The number of aromatic nitrogens is 2. The van der Waals surface area contributed by atoms with E-state index in [0.29, 0.717) is 9.90 Å². The first-order valence-electron chi connectivity index (χ1n) is 9.34. The summed E-state index contributed by atoms with van der Waals surface area (Å²) in [5.74, 6) is -1.18. The Hall–Kier alpha value is -2.02. The smallest absolute Gasteiger partial charge is 0.280 e. The van der Waals surface area contributed by atoms with Crippen molar-refractivity contribution in [1.82, 2.24) is 18.8 Å². The third kappa shape index (κ3) is 4.54. The molecule has 0 unspecified atom stereocenters. The van der Waals surface area contributed by atoms with E-state index < -0.39 is 34.0 Å². The van der Waals surface area contributed by atoms with Gasteiger partial charge in [-0.1, -0.05) is 23.2 Å². The molecule has 1 aliphatic rings. The molecule has 3 heterocycles. The van der Waals surface area contributed by atoms with Crippen molar-refractivity contribution in [2.45, 2.75) is 18.5 Å². The Morgan fingerprint density at radius 2 is 2.03 bits per heavy atom. The second-order valence-electron chi connectivity index (χ2n) is 7.29. The molecule has 170 valence electrons. The van der Waals surface area contributed by atoms with Crippen LogP contribution in [0.2, 0.25) is 10.0 Å². The van der Waals surface area contributed by atoms with Crippen LogP contribution in [0, 0.1) is 5.82 Å². The van der Waals surface area contributed by atoms with E-state index in [0.717, 1.165) is 20.8 Å². The Kier molecular flexibility index (Phi) is 6.31. The van der Waals surface area contributed by atoms with Gasteiger partial charge in [-0.05, 0) is 30.7 Å². The van der Waals surface area contributed by atoms with E-state index >= 15 is 0 Å². The average molecular weight is 518 g/mol. The number of hydrogen-bond acceptors (Lipinski definition) is 5. The largest absolute Gasteiger partial charge is 0.325 e. The van der Waals surface area contributed by atoms with Crippen LogP contribution in [-0.4, -0.2) is 41.5 Å². The minimum absolute atomic E-state index is 0.150. The molecular weight excluding hydrogens is 500 g/mol. The van der Waals surface area contributed by atoms with E-state index in [1.54, 1.807) is 24.0 Å². The number of nitrogens with zero attached hydrogens (tertiary/aromatic N) is 3. The van der Waals surface area contributed by atoms with Gasteiger partial charge in [0.1, 0.15) is 11.9 Å². The molecule has 0 aliphatic carbocycles. The normalized spacial score (nSPS) is 20.9. The SMILES string of the molecule is CN1[C@H](C(=O)Nc2ccc(F)c(Cl)c2)C[C@H](c2cc(Cl)c(-c3cnn(C)c3)s2)NS1(=O)=O. The summed E-state index contributed by atoms with van der Waals surface area (Å²) in [6.07, 6.45) is 3.65. The number of benzene rings is 1. The van der Waals surface area contributed by atoms with Gasteiger partial charge in [0.2, 0.25) is 5.91 Å². The van der Waals surface area contributed by atoms with Crippen molar-refractivity contribution in [2.75, 3.05) is 12.4 Å². The standard InChI is InChI=1S/C19H18Cl2FN5O3S2/c1-26-9-10(8-23-26)18-13(21)6-17(31-18)15-7-16(27(2)32(29,30)25-15)19(28)24-11-3-4-14(22)12(20)5-11/h3-6,8-9,15-16,25H,7H2,1-2H3,(H,24,28)/t15-,16+/m1/s1. The predicted molar refractivity (Wildman–Crippen MR) is 123 cm³/mol. The van der Waals surface area contributed by atoms with Crippen LogP contribution in [0.4, 0.5) is 10.1 Å². The zero-order valence-electron chi connectivity index (χ0n) is 16.8. The molecule has 2 aromatic heterocycles. The molecule has 0 radical (unpaired) electrons. The number of rotatable bonds is 4. The number of hydrogen-bond donors (Lipinski definition) is 2. The lowest BCUT2D eigenvalue weighted by Gasteiger charge is -2.35. The van der Waals surface area contributed by atoms with Gasteiger partial charge in [-0.25, -0.2) is 4.39 Å². The van der Waals surface area contributed by atoms with Gasteiger partial charge in [-0.3, -0.25) is 9.48 Å². The van der Waals surface area contributed by atoms with E-state index in [4.69, 9.17) is 23.2 Å². The van der Waals surface area contributed by atoms with Crippen molar-refractivity contribution in [3.8, 4) is 10.4 Å². The summed E-state index contributed by atoms with van der Waals surface area (Å²) in [5, 5.41) is 7.06. The Labute approximate surface area is 198 Å². The van der Waals surface area contributed by atoms with Gasteiger partial charge in [0.25, 0.3) is 10.2 Å². The molecule has 0 spiro atoms.